The molecule has 1 aliphatic heterocycles. The van der Waals surface area contributed by atoms with E-state index in [0.29, 0.717) is 32.5 Å². The van der Waals surface area contributed by atoms with Crippen molar-refractivity contribution in [3.63, 3.8) is 0 Å². The Kier molecular flexibility index (Phi) is 6.63. The molecule has 0 spiro atoms. The molecule has 3 rings (SSSR count). The maximum atomic E-state index is 13.3. The molecular formula is C20H20ClF3N4O. The first-order valence-corrected chi connectivity index (χ1v) is 9.56. The molecule has 1 aromatic carbocycles. The van der Waals surface area contributed by atoms with E-state index in [1.165, 1.54) is 6.07 Å². The van der Waals surface area contributed by atoms with E-state index in [4.69, 9.17) is 16.9 Å². The van der Waals surface area contributed by atoms with Gasteiger partial charge in [0.05, 0.1) is 11.7 Å². The lowest BCUT2D eigenvalue weighted by atomic mass is 10.0. The third-order valence-electron chi connectivity index (χ3n) is 4.98. The lowest BCUT2D eigenvalue weighted by Crippen LogP contribution is -2.44. The second-order valence-corrected chi connectivity index (χ2v) is 7.26. The zero-order chi connectivity index (χ0) is 21.0. The molecular weight excluding hydrogens is 405 g/mol. The molecule has 0 unspecified atom stereocenters. The van der Waals surface area contributed by atoms with E-state index in [2.05, 4.69) is 10.3 Å². The van der Waals surface area contributed by atoms with Gasteiger partial charge in [0.2, 0.25) is 0 Å². The van der Waals surface area contributed by atoms with E-state index in [9.17, 15) is 18.3 Å². The molecule has 0 amide bonds. The van der Waals surface area contributed by atoms with Gasteiger partial charge in [-0.15, -0.1) is 0 Å². The van der Waals surface area contributed by atoms with Crippen molar-refractivity contribution < 1.29 is 18.3 Å². The molecule has 1 aromatic heterocycles. The van der Waals surface area contributed by atoms with Crippen molar-refractivity contribution in [3.05, 3.63) is 58.2 Å². The van der Waals surface area contributed by atoms with Crippen molar-refractivity contribution in [2.45, 2.75) is 31.2 Å². The Hall–Kier alpha value is -2.34. The van der Waals surface area contributed by atoms with Crippen molar-refractivity contribution in [1.82, 2.24) is 10.3 Å². The average Bonchev–Trinajstić information content (AvgIpc) is 2.71. The highest BCUT2D eigenvalue weighted by atomic mass is 35.5. The Morgan fingerprint density at radius 2 is 1.93 bits per heavy atom. The maximum absolute atomic E-state index is 13.3. The summed E-state index contributed by atoms with van der Waals surface area (Å²) in [5, 5.41) is 22.1. The van der Waals surface area contributed by atoms with Crippen LogP contribution in [0.1, 0.15) is 35.6 Å². The summed E-state index contributed by atoms with van der Waals surface area (Å²) in [6.45, 7) is 1.38. The zero-order valence-corrected chi connectivity index (χ0v) is 16.2. The molecule has 2 heterocycles. The minimum atomic E-state index is -4.68. The number of aromatic nitrogens is 1. The molecule has 5 nitrogen and oxygen atoms in total. The monoisotopic (exact) mass is 424 g/mol. The van der Waals surface area contributed by atoms with Crippen LogP contribution in [-0.4, -0.2) is 35.8 Å². The molecule has 0 bridgehead atoms. The van der Waals surface area contributed by atoms with Gasteiger partial charge < -0.3 is 15.3 Å². The van der Waals surface area contributed by atoms with Crippen LogP contribution in [0.3, 0.4) is 0 Å². The van der Waals surface area contributed by atoms with Crippen LogP contribution in [0, 0.1) is 11.3 Å². The summed E-state index contributed by atoms with van der Waals surface area (Å²) in [5.41, 5.74) is -0.899. The van der Waals surface area contributed by atoms with E-state index in [0.717, 1.165) is 11.6 Å². The minimum absolute atomic E-state index is 0.115. The first-order valence-electron chi connectivity index (χ1n) is 9.18. The topological polar surface area (TPSA) is 72.2 Å². The molecule has 29 heavy (non-hydrogen) atoms. The SMILES string of the molecule is N#Cc1c(C(F)(F)F)cc(N2CCC(NC[C@@H](O)c3ccccc3)CC2)nc1Cl. The van der Waals surface area contributed by atoms with E-state index in [-0.39, 0.29) is 11.9 Å². The van der Waals surface area contributed by atoms with Crippen molar-refractivity contribution in [2.24, 2.45) is 0 Å². The van der Waals surface area contributed by atoms with Gasteiger partial charge in [-0.3, -0.25) is 0 Å². The van der Waals surface area contributed by atoms with Gasteiger partial charge in [0.1, 0.15) is 22.6 Å². The molecule has 0 radical (unpaired) electrons. The maximum Gasteiger partial charge on any atom is 0.417 e. The molecule has 2 aromatic rings. The molecule has 1 aliphatic rings. The summed E-state index contributed by atoms with van der Waals surface area (Å²) in [6.07, 6.45) is -3.94. The number of hydrogen-bond acceptors (Lipinski definition) is 5. The van der Waals surface area contributed by atoms with Crippen LogP contribution in [0.2, 0.25) is 5.15 Å². The normalized spacial score (nSPS) is 16.5. The Balaban J connectivity index is 1.61. The lowest BCUT2D eigenvalue weighted by Gasteiger charge is -2.34. The number of pyridine rings is 1. The average molecular weight is 425 g/mol. The van der Waals surface area contributed by atoms with E-state index in [1.54, 1.807) is 4.90 Å². The molecule has 0 saturated carbocycles. The van der Waals surface area contributed by atoms with Crippen LogP contribution in [-0.2, 0) is 6.18 Å². The smallest absolute Gasteiger partial charge is 0.387 e. The Morgan fingerprint density at radius 3 is 2.52 bits per heavy atom. The predicted molar refractivity (Wildman–Crippen MR) is 104 cm³/mol. The number of rotatable bonds is 5. The highest BCUT2D eigenvalue weighted by Gasteiger charge is 2.36. The standard InChI is InChI=1S/C20H20ClF3N4O/c21-19-15(11-25)16(20(22,23)24)10-18(27-19)28-8-6-14(7-9-28)26-12-17(29)13-4-2-1-3-5-13/h1-5,10,14,17,26,29H,6-9,12H2/t17-/m1/s1. The molecule has 154 valence electrons. The van der Waals surface area contributed by atoms with Gasteiger partial charge in [-0.2, -0.15) is 18.4 Å². The van der Waals surface area contributed by atoms with Crippen LogP contribution in [0.4, 0.5) is 19.0 Å². The highest BCUT2D eigenvalue weighted by molar-refractivity contribution is 6.30. The van der Waals surface area contributed by atoms with E-state index in [1.807, 2.05) is 30.3 Å². The van der Waals surface area contributed by atoms with Crippen LogP contribution < -0.4 is 10.2 Å². The van der Waals surface area contributed by atoms with Crippen LogP contribution in [0.25, 0.3) is 0 Å². The predicted octanol–water partition coefficient (Wildman–Crippen LogP) is 3.92. The fraction of sp³-hybridized carbons (Fsp3) is 0.400. The minimum Gasteiger partial charge on any atom is -0.387 e. The summed E-state index contributed by atoms with van der Waals surface area (Å²) in [6, 6.07) is 11.8. The molecule has 9 heteroatoms. The van der Waals surface area contributed by atoms with Crippen LogP contribution >= 0.6 is 11.6 Å². The second-order valence-electron chi connectivity index (χ2n) is 6.90. The third kappa shape index (κ3) is 5.18. The fourth-order valence-corrected chi connectivity index (χ4v) is 3.61. The molecule has 2 N–H and O–H groups in total. The van der Waals surface area contributed by atoms with Crippen molar-refractivity contribution in [1.29, 1.82) is 5.26 Å². The van der Waals surface area contributed by atoms with E-state index < -0.39 is 28.6 Å². The number of aliphatic hydroxyl groups is 1. The van der Waals surface area contributed by atoms with Gasteiger partial charge >= 0.3 is 6.18 Å². The summed E-state index contributed by atoms with van der Waals surface area (Å²) in [7, 11) is 0. The van der Waals surface area contributed by atoms with Gasteiger partial charge in [0.25, 0.3) is 0 Å². The third-order valence-corrected chi connectivity index (χ3v) is 5.26. The summed E-state index contributed by atoms with van der Waals surface area (Å²) in [5.74, 6) is 0.115. The summed E-state index contributed by atoms with van der Waals surface area (Å²) in [4.78, 5) is 5.72. The number of anilines is 1. The van der Waals surface area contributed by atoms with Gasteiger partial charge in [-0.25, -0.2) is 4.98 Å². The number of nitrogens with one attached hydrogen (secondary N) is 1. The lowest BCUT2D eigenvalue weighted by molar-refractivity contribution is -0.137. The number of piperidine rings is 1. The summed E-state index contributed by atoms with van der Waals surface area (Å²) >= 11 is 5.83. The molecule has 1 saturated heterocycles. The van der Waals surface area contributed by atoms with Crippen LogP contribution in [0.5, 0.6) is 0 Å². The number of halogens is 4. The number of hydrogen-bond donors (Lipinski definition) is 2. The first kappa shape index (κ1) is 21.4. The molecule has 0 aliphatic carbocycles. The van der Waals surface area contributed by atoms with Gasteiger partial charge in [0.15, 0.2) is 0 Å². The largest absolute Gasteiger partial charge is 0.417 e. The number of nitrogens with zero attached hydrogens (tertiary/aromatic N) is 3. The molecule has 1 atom stereocenters. The zero-order valence-electron chi connectivity index (χ0n) is 15.5. The quantitative estimate of drug-likeness (QED) is 0.712. The number of aliphatic hydroxyl groups excluding tert-OH is 1. The van der Waals surface area contributed by atoms with Crippen LogP contribution in [0.15, 0.2) is 36.4 Å². The fourth-order valence-electron chi connectivity index (χ4n) is 3.38. The number of alkyl halides is 3. The highest BCUT2D eigenvalue weighted by Crippen LogP contribution is 2.36. The summed E-state index contributed by atoms with van der Waals surface area (Å²) < 4.78 is 39.8. The van der Waals surface area contributed by atoms with E-state index >= 15 is 0 Å². The van der Waals surface area contributed by atoms with Crippen molar-refractivity contribution in [3.8, 4) is 6.07 Å². The number of benzene rings is 1. The Bertz CT molecular complexity index is 878. The first-order chi connectivity index (χ1) is 13.8. The second kappa shape index (κ2) is 8.99. The van der Waals surface area contributed by atoms with Crippen molar-refractivity contribution >= 4 is 17.4 Å². The Labute approximate surface area is 171 Å². The van der Waals surface area contributed by atoms with Crippen molar-refractivity contribution in [2.75, 3.05) is 24.5 Å². The number of nitriles is 1. The molecule has 1 fully saturated rings. The van der Waals surface area contributed by atoms with Gasteiger partial charge in [0, 0.05) is 25.7 Å². The van der Waals surface area contributed by atoms with Gasteiger partial charge in [-0.05, 0) is 24.5 Å². The van der Waals surface area contributed by atoms with Gasteiger partial charge in [-0.1, -0.05) is 41.9 Å². The Morgan fingerprint density at radius 1 is 1.28 bits per heavy atom.